The van der Waals surface area contributed by atoms with Crippen LogP contribution in [0.2, 0.25) is 0 Å². The molecule has 0 radical (unpaired) electrons. The SMILES string of the molecule is CCC1(C)CCN(c2nc3c(N)cccc3o2)CC1. The van der Waals surface area contributed by atoms with Gasteiger partial charge in [0.2, 0.25) is 0 Å². The molecule has 2 heterocycles. The van der Waals surface area contributed by atoms with Gasteiger partial charge in [-0.15, -0.1) is 0 Å². The quantitative estimate of drug-likeness (QED) is 0.839. The molecule has 19 heavy (non-hydrogen) atoms. The number of benzene rings is 1. The van der Waals surface area contributed by atoms with E-state index in [1.807, 2.05) is 18.2 Å². The molecule has 4 nitrogen and oxygen atoms in total. The predicted octanol–water partition coefficient (Wildman–Crippen LogP) is 3.43. The summed E-state index contributed by atoms with van der Waals surface area (Å²) in [4.78, 5) is 6.78. The van der Waals surface area contributed by atoms with Crippen LogP contribution < -0.4 is 10.6 Å². The van der Waals surface area contributed by atoms with Crippen molar-refractivity contribution < 1.29 is 4.42 Å². The van der Waals surface area contributed by atoms with E-state index in [0.29, 0.717) is 17.1 Å². The molecule has 0 unspecified atom stereocenters. The zero-order valence-electron chi connectivity index (χ0n) is 11.6. The lowest BCUT2D eigenvalue weighted by molar-refractivity contribution is 0.234. The highest BCUT2D eigenvalue weighted by molar-refractivity contribution is 5.86. The molecule has 0 aliphatic carbocycles. The molecule has 102 valence electrons. The lowest BCUT2D eigenvalue weighted by Crippen LogP contribution is -2.38. The van der Waals surface area contributed by atoms with E-state index in [4.69, 9.17) is 10.2 Å². The second kappa shape index (κ2) is 4.44. The van der Waals surface area contributed by atoms with Crippen molar-refractivity contribution in [3.8, 4) is 0 Å². The molecule has 4 heteroatoms. The molecule has 1 aliphatic rings. The van der Waals surface area contributed by atoms with Crippen LogP contribution in [0.4, 0.5) is 11.7 Å². The number of oxazole rings is 1. The van der Waals surface area contributed by atoms with Crippen LogP contribution in [0.1, 0.15) is 33.1 Å². The molecule has 0 bridgehead atoms. The number of hydrogen-bond donors (Lipinski definition) is 1. The first-order chi connectivity index (χ1) is 9.11. The zero-order valence-corrected chi connectivity index (χ0v) is 11.6. The van der Waals surface area contributed by atoms with E-state index in [1.54, 1.807) is 0 Å². The predicted molar refractivity (Wildman–Crippen MR) is 78.3 cm³/mol. The van der Waals surface area contributed by atoms with Crippen molar-refractivity contribution in [1.29, 1.82) is 0 Å². The molecule has 0 spiro atoms. The van der Waals surface area contributed by atoms with E-state index in [2.05, 4.69) is 23.7 Å². The second-order valence-corrected chi connectivity index (χ2v) is 5.84. The Balaban J connectivity index is 1.84. The Morgan fingerprint density at radius 3 is 2.74 bits per heavy atom. The van der Waals surface area contributed by atoms with E-state index >= 15 is 0 Å². The van der Waals surface area contributed by atoms with Crippen molar-refractivity contribution >= 4 is 22.8 Å². The second-order valence-electron chi connectivity index (χ2n) is 5.84. The van der Waals surface area contributed by atoms with Gasteiger partial charge in [-0.2, -0.15) is 4.98 Å². The summed E-state index contributed by atoms with van der Waals surface area (Å²) in [5.74, 6) is 0. The lowest BCUT2D eigenvalue weighted by Gasteiger charge is -2.38. The van der Waals surface area contributed by atoms with Gasteiger partial charge in [0, 0.05) is 13.1 Å². The third kappa shape index (κ3) is 2.15. The number of fused-ring (bicyclic) bond motifs is 1. The van der Waals surface area contributed by atoms with Crippen molar-refractivity contribution in [3.63, 3.8) is 0 Å². The number of aromatic nitrogens is 1. The highest BCUT2D eigenvalue weighted by atomic mass is 16.4. The Morgan fingerprint density at radius 2 is 2.11 bits per heavy atom. The van der Waals surface area contributed by atoms with E-state index in [9.17, 15) is 0 Å². The van der Waals surface area contributed by atoms with Gasteiger partial charge < -0.3 is 15.1 Å². The van der Waals surface area contributed by atoms with Gasteiger partial charge >= 0.3 is 0 Å². The normalized spacial score (nSPS) is 18.9. The maximum absolute atomic E-state index is 5.92. The van der Waals surface area contributed by atoms with Gasteiger partial charge in [0.1, 0.15) is 5.52 Å². The summed E-state index contributed by atoms with van der Waals surface area (Å²) in [6.45, 7) is 6.67. The summed E-state index contributed by atoms with van der Waals surface area (Å²) in [7, 11) is 0. The molecule has 0 amide bonds. The minimum absolute atomic E-state index is 0.474. The van der Waals surface area contributed by atoms with Gasteiger partial charge in [0.15, 0.2) is 5.58 Å². The highest BCUT2D eigenvalue weighted by Crippen LogP contribution is 2.36. The first-order valence-corrected chi connectivity index (χ1v) is 7.01. The Bertz CT molecular complexity index is 582. The third-order valence-electron chi connectivity index (χ3n) is 4.53. The minimum atomic E-state index is 0.474. The number of piperidine rings is 1. The van der Waals surface area contributed by atoms with E-state index in [0.717, 1.165) is 24.2 Å². The van der Waals surface area contributed by atoms with Gasteiger partial charge in [-0.25, -0.2) is 0 Å². The third-order valence-corrected chi connectivity index (χ3v) is 4.53. The van der Waals surface area contributed by atoms with Gasteiger partial charge in [0.25, 0.3) is 6.01 Å². The van der Waals surface area contributed by atoms with Crippen LogP contribution >= 0.6 is 0 Å². The number of rotatable bonds is 2. The van der Waals surface area contributed by atoms with Gasteiger partial charge in [-0.1, -0.05) is 26.3 Å². The lowest BCUT2D eigenvalue weighted by atomic mass is 9.78. The molecule has 1 aliphatic heterocycles. The Kier molecular flexibility index (Phi) is 2.88. The van der Waals surface area contributed by atoms with Crippen LogP contribution in [0.5, 0.6) is 0 Å². The minimum Gasteiger partial charge on any atom is -0.423 e. The average Bonchev–Trinajstić information content (AvgIpc) is 2.85. The van der Waals surface area contributed by atoms with Crippen LogP contribution in [0.25, 0.3) is 11.1 Å². The molecule has 2 aromatic rings. The van der Waals surface area contributed by atoms with Crippen LogP contribution in [0.15, 0.2) is 22.6 Å². The van der Waals surface area contributed by atoms with Crippen molar-refractivity contribution in [2.45, 2.75) is 33.1 Å². The number of hydrogen-bond acceptors (Lipinski definition) is 4. The van der Waals surface area contributed by atoms with Crippen LogP contribution in [0.3, 0.4) is 0 Å². The van der Waals surface area contributed by atoms with E-state index in [-0.39, 0.29) is 0 Å². The van der Waals surface area contributed by atoms with Crippen molar-refractivity contribution in [1.82, 2.24) is 4.98 Å². The smallest absolute Gasteiger partial charge is 0.298 e. The first-order valence-electron chi connectivity index (χ1n) is 7.01. The van der Waals surface area contributed by atoms with E-state index in [1.165, 1.54) is 19.3 Å². The number of nitrogens with zero attached hydrogens (tertiary/aromatic N) is 2. The monoisotopic (exact) mass is 259 g/mol. The summed E-state index contributed by atoms with van der Waals surface area (Å²) in [5.41, 5.74) is 8.64. The summed E-state index contributed by atoms with van der Waals surface area (Å²) in [5, 5.41) is 0. The largest absolute Gasteiger partial charge is 0.423 e. The van der Waals surface area contributed by atoms with Gasteiger partial charge in [0.05, 0.1) is 5.69 Å². The van der Waals surface area contributed by atoms with Crippen LogP contribution in [-0.4, -0.2) is 18.1 Å². The number of anilines is 2. The molecule has 0 atom stereocenters. The number of para-hydroxylation sites is 1. The Labute approximate surface area is 113 Å². The number of nitrogens with two attached hydrogens (primary N) is 1. The molecular weight excluding hydrogens is 238 g/mol. The van der Waals surface area contributed by atoms with Crippen molar-refractivity contribution in [2.75, 3.05) is 23.7 Å². The summed E-state index contributed by atoms with van der Waals surface area (Å²) < 4.78 is 5.82. The molecule has 0 saturated carbocycles. The number of nitrogen functional groups attached to an aromatic ring is 1. The molecule has 1 aromatic heterocycles. The summed E-state index contributed by atoms with van der Waals surface area (Å²) >= 11 is 0. The van der Waals surface area contributed by atoms with Crippen LogP contribution in [0, 0.1) is 5.41 Å². The van der Waals surface area contributed by atoms with Gasteiger partial charge in [-0.05, 0) is 30.4 Å². The maximum atomic E-state index is 5.92. The molecular formula is C15H21N3O. The fraction of sp³-hybridized carbons (Fsp3) is 0.533. The van der Waals surface area contributed by atoms with Crippen molar-refractivity contribution in [3.05, 3.63) is 18.2 Å². The molecule has 1 aromatic carbocycles. The molecule has 2 N–H and O–H groups in total. The summed E-state index contributed by atoms with van der Waals surface area (Å²) in [6, 6.07) is 6.39. The average molecular weight is 259 g/mol. The molecule has 3 rings (SSSR count). The van der Waals surface area contributed by atoms with Gasteiger partial charge in [-0.3, -0.25) is 0 Å². The highest BCUT2D eigenvalue weighted by Gasteiger charge is 2.30. The van der Waals surface area contributed by atoms with E-state index < -0.39 is 0 Å². The first kappa shape index (κ1) is 12.3. The van der Waals surface area contributed by atoms with Crippen LogP contribution in [-0.2, 0) is 0 Å². The fourth-order valence-corrected chi connectivity index (χ4v) is 2.68. The fourth-order valence-electron chi connectivity index (χ4n) is 2.68. The summed E-state index contributed by atoms with van der Waals surface area (Å²) in [6.07, 6.45) is 3.62. The van der Waals surface area contributed by atoms with Crippen molar-refractivity contribution in [2.24, 2.45) is 5.41 Å². The Hall–Kier alpha value is -1.71. The standard InChI is InChI=1S/C15H21N3O/c1-3-15(2)7-9-18(10-8-15)14-17-13-11(16)5-4-6-12(13)19-14/h4-6H,3,7-10,16H2,1-2H3. The Morgan fingerprint density at radius 1 is 1.37 bits per heavy atom. The maximum Gasteiger partial charge on any atom is 0.298 e. The topological polar surface area (TPSA) is 55.3 Å². The zero-order chi connectivity index (χ0) is 13.5. The molecule has 1 saturated heterocycles. The molecule has 1 fully saturated rings.